The van der Waals surface area contributed by atoms with Crippen LogP contribution in [0.4, 0.5) is 19.0 Å². The maximum Gasteiger partial charge on any atom is 0.416 e. The van der Waals surface area contributed by atoms with E-state index in [0.717, 1.165) is 6.07 Å². The van der Waals surface area contributed by atoms with Crippen LogP contribution in [0.2, 0.25) is 5.15 Å². The fourth-order valence-corrected chi connectivity index (χ4v) is 4.22. The van der Waals surface area contributed by atoms with E-state index >= 15 is 0 Å². The van der Waals surface area contributed by atoms with Crippen molar-refractivity contribution in [1.29, 1.82) is 0 Å². The van der Waals surface area contributed by atoms with E-state index in [2.05, 4.69) is 20.3 Å². The molecule has 0 fully saturated rings. The normalized spacial score (nSPS) is 13.6. The molecule has 0 atom stereocenters. The molecule has 0 saturated carbocycles. The number of fused-ring (bicyclic) bond motifs is 1. The van der Waals surface area contributed by atoms with Crippen molar-refractivity contribution >= 4 is 23.3 Å². The standard InChI is InChI=1S/C21H15ClF3N7O/c1-30-10-26-29-19(30)13-8-27-31(2)18(13)11-6-16(22)28-17(7-11)32-9-14-12(20(32)33)4-3-5-15(14)21(23,24)25/h3-8,10H,9H2,1-2H3. The number of amides is 1. The molecule has 0 saturated heterocycles. The van der Waals surface area contributed by atoms with Crippen LogP contribution < -0.4 is 4.90 Å². The van der Waals surface area contributed by atoms with Gasteiger partial charge in [0.15, 0.2) is 5.82 Å². The van der Waals surface area contributed by atoms with Crippen LogP contribution >= 0.6 is 11.6 Å². The number of rotatable bonds is 3. The maximum absolute atomic E-state index is 13.5. The summed E-state index contributed by atoms with van der Waals surface area (Å²) in [5.74, 6) is 0.124. The van der Waals surface area contributed by atoms with Gasteiger partial charge in [-0.1, -0.05) is 17.7 Å². The Morgan fingerprint density at radius 2 is 1.91 bits per heavy atom. The molecule has 3 aromatic heterocycles. The molecule has 168 valence electrons. The number of hydrogen-bond acceptors (Lipinski definition) is 5. The third-order valence-corrected chi connectivity index (χ3v) is 5.69. The van der Waals surface area contributed by atoms with Gasteiger partial charge in [-0.05, 0) is 29.8 Å². The molecule has 1 aliphatic rings. The molecular formula is C21H15ClF3N7O. The first-order chi connectivity index (χ1) is 15.6. The lowest BCUT2D eigenvalue weighted by Gasteiger charge is -2.17. The summed E-state index contributed by atoms with van der Waals surface area (Å²) in [6, 6.07) is 6.76. The van der Waals surface area contributed by atoms with Gasteiger partial charge in [-0.15, -0.1) is 10.2 Å². The summed E-state index contributed by atoms with van der Waals surface area (Å²) in [6.45, 7) is -0.266. The van der Waals surface area contributed by atoms with E-state index in [9.17, 15) is 18.0 Å². The Bertz CT molecular complexity index is 1410. The average molecular weight is 474 g/mol. The second-order valence-electron chi connectivity index (χ2n) is 7.55. The highest BCUT2D eigenvalue weighted by Crippen LogP contribution is 2.39. The molecule has 0 unspecified atom stereocenters. The summed E-state index contributed by atoms with van der Waals surface area (Å²) in [5.41, 5.74) is 0.946. The van der Waals surface area contributed by atoms with Gasteiger partial charge in [0.1, 0.15) is 17.3 Å². The van der Waals surface area contributed by atoms with E-state index in [1.807, 2.05) is 0 Å². The van der Waals surface area contributed by atoms with Gasteiger partial charge >= 0.3 is 6.18 Å². The Balaban J connectivity index is 1.61. The van der Waals surface area contributed by atoms with E-state index in [4.69, 9.17) is 11.6 Å². The molecule has 1 amide bonds. The van der Waals surface area contributed by atoms with Gasteiger partial charge in [-0.2, -0.15) is 18.3 Å². The molecule has 5 rings (SSSR count). The highest BCUT2D eigenvalue weighted by atomic mass is 35.5. The average Bonchev–Trinajstić information content (AvgIpc) is 3.43. The van der Waals surface area contributed by atoms with Crippen molar-refractivity contribution in [3.05, 3.63) is 64.7 Å². The second kappa shape index (κ2) is 7.41. The van der Waals surface area contributed by atoms with Crippen LogP contribution in [0.5, 0.6) is 0 Å². The van der Waals surface area contributed by atoms with E-state index in [1.165, 1.54) is 17.0 Å². The zero-order valence-corrected chi connectivity index (χ0v) is 18.1. The van der Waals surface area contributed by atoms with E-state index in [-0.39, 0.29) is 28.6 Å². The molecule has 0 radical (unpaired) electrons. The third kappa shape index (κ3) is 3.44. The van der Waals surface area contributed by atoms with Crippen molar-refractivity contribution in [2.24, 2.45) is 14.1 Å². The van der Waals surface area contributed by atoms with Gasteiger partial charge in [-0.3, -0.25) is 14.4 Å². The summed E-state index contributed by atoms with van der Waals surface area (Å²) in [7, 11) is 3.52. The van der Waals surface area contributed by atoms with Gasteiger partial charge in [0.05, 0.1) is 29.6 Å². The lowest BCUT2D eigenvalue weighted by molar-refractivity contribution is -0.138. The molecule has 4 heterocycles. The summed E-state index contributed by atoms with van der Waals surface area (Å²) in [5, 5.41) is 12.4. The molecule has 8 nitrogen and oxygen atoms in total. The largest absolute Gasteiger partial charge is 0.416 e. The van der Waals surface area contributed by atoms with Gasteiger partial charge in [0, 0.05) is 25.2 Å². The first-order valence-corrected chi connectivity index (χ1v) is 10.1. The monoisotopic (exact) mass is 473 g/mol. The fourth-order valence-electron chi connectivity index (χ4n) is 4.01. The minimum atomic E-state index is -4.58. The number of anilines is 1. The fraction of sp³-hybridized carbons (Fsp3) is 0.190. The van der Waals surface area contributed by atoms with Gasteiger partial charge < -0.3 is 4.57 Å². The van der Waals surface area contributed by atoms with E-state index < -0.39 is 17.6 Å². The summed E-state index contributed by atoms with van der Waals surface area (Å²) < 4.78 is 43.8. The predicted molar refractivity (Wildman–Crippen MR) is 113 cm³/mol. The Kier molecular flexibility index (Phi) is 4.74. The Morgan fingerprint density at radius 3 is 2.61 bits per heavy atom. The van der Waals surface area contributed by atoms with Crippen molar-refractivity contribution in [3.63, 3.8) is 0 Å². The van der Waals surface area contributed by atoms with Crippen LogP contribution in [-0.4, -0.2) is 35.4 Å². The lowest BCUT2D eigenvalue weighted by atomic mass is 10.0. The molecule has 0 spiro atoms. The molecule has 0 bridgehead atoms. The Morgan fingerprint density at radius 1 is 1.12 bits per heavy atom. The van der Waals surface area contributed by atoms with Gasteiger partial charge in [-0.25, -0.2) is 4.98 Å². The number of aromatic nitrogens is 6. The summed E-state index contributed by atoms with van der Waals surface area (Å²) >= 11 is 6.28. The van der Waals surface area contributed by atoms with Crippen LogP contribution in [0.15, 0.2) is 42.9 Å². The van der Waals surface area contributed by atoms with E-state index in [0.29, 0.717) is 22.6 Å². The SMILES string of the molecule is Cn1cnnc1-c1cnn(C)c1-c1cc(Cl)nc(N2Cc3c(cccc3C(F)(F)F)C2=O)c1. The molecule has 4 aromatic rings. The zero-order valence-electron chi connectivity index (χ0n) is 17.3. The number of alkyl halides is 3. The van der Waals surface area contributed by atoms with Crippen molar-refractivity contribution < 1.29 is 18.0 Å². The van der Waals surface area contributed by atoms with Crippen molar-refractivity contribution in [3.8, 4) is 22.6 Å². The minimum Gasteiger partial charge on any atom is -0.317 e. The molecule has 1 aliphatic heterocycles. The third-order valence-electron chi connectivity index (χ3n) is 5.49. The van der Waals surface area contributed by atoms with Crippen LogP contribution in [-0.2, 0) is 26.8 Å². The number of carbonyl (C=O) groups is 1. The maximum atomic E-state index is 13.5. The van der Waals surface area contributed by atoms with Gasteiger partial charge in [0.25, 0.3) is 5.91 Å². The number of aryl methyl sites for hydroxylation is 2. The quantitative estimate of drug-likeness (QED) is 0.418. The zero-order chi connectivity index (χ0) is 23.5. The number of halogens is 4. The Labute approximate surface area is 190 Å². The smallest absolute Gasteiger partial charge is 0.317 e. The Hall–Kier alpha value is -3.73. The minimum absolute atomic E-state index is 0.00606. The van der Waals surface area contributed by atoms with Crippen molar-refractivity contribution in [2.45, 2.75) is 12.7 Å². The van der Waals surface area contributed by atoms with Crippen LogP contribution in [0.1, 0.15) is 21.5 Å². The molecular weight excluding hydrogens is 459 g/mol. The highest BCUT2D eigenvalue weighted by molar-refractivity contribution is 6.30. The number of benzene rings is 1. The van der Waals surface area contributed by atoms with Crippen molar-refractivity contribution in [1.82, 2.24) is 29.5 Å². The number of pyridine rings is 1. The summed E-state index contributed by atoms with van der Waals surface area (Å²) in [4.78, 5) is 18.4. The molecule has 0 aliphatic carbocycles. The second-order valence-corrected chi connectivity index (χ2v) is 7.94. The molecule has 33 heavy (non-hydrogen) atoms. The first-order valence-electron chi connectivity index (χ1n) is 9.70. The van der Waals surface area contributed by atoms with Crippen LogP contribution in [0, 0.1) is 0 Å². The number of nitrogens with zero attached hydrogens (tertiary/aromatic N) is 7. The predicted octanol–water partition coefficient (Wildman–Crippen LogP) is 4.11. The molecule has 0 N–H and O–H groups in total. The number of carbonyl (C=O) groups excluding carboxylic acids is 1. The number of hydrogen-bond donors (Lipinski definition) is 0. The molecule has 12 heteroatoms. The highest BCUT2D eigenvalue weighted by Gasteiger charge is 2.40. The summed E-state index contributed by atoms with van der Waals surface area (Å²) in [6.07, 6.45) is -1.40. The topological polar surface area (TPSA) is 81.7 Å². The lowest BCUT2D eigenvalue weighted by Crippen LogP contribution is -2.24. The first kappa shape index (κ1) is 21.1. The van der Waals surface area contributed by atoms with Crippen molar-refractivity contribution in [2.75, 3.05) is 4.90 Å². The van der Waals surface area contributed by atoms with Crippen LogP contribution in [0.25, 0.3) is 22.6 Å². The van der Waals surface area contributed by atoms with E-state index in [1.54, 1.807) is 48.0 Å². The van der Waals surface area contributed by atoms with Crippen LogP contribution in [0.3, 0.4) is 0 Å². The van der Waals surface area contributed by atoms with Gasteiger partial charge in [0.2, 0.25) is 0 Å². The molecule has 1 aromatic carbocycles.